The van der Waals surface area contributed by atoms with Crippen molar-refractivity contribution in [2.75, 3.05) is 19.3 Å². The summed E-state index contributed by atoms with van der Waals surface area (Å²) < 4.78 is 23.4. The third-order valence-corrected chi connectivity index (χ3v) is 4.37. The number of sulfone groups is 1. The molecular weight excluding hydrogens is 274 g/mol. The van der Waals surface area contributed by atoms with E-state index >= 15 is 0 Å². The van der Waals surface area contributed by atoms with E-state index in [4.69, 9.17) is 0 Å². The van der Waals surface area contributed by atoms with Crippen LogP contribution in [0.5, 0.6) is 0 Å². The molecule has 1 saturated heterocycles. The molecule has 1 aromatic carbocycles. The molecule has 18 heavy (non-hydrogen) atoms. The average Bonchev–Trinajstić information content (AvgIpc) is 2.29. The fourth-order valence-electron chi connectivity index (χ4n) is 2.28. The minimum Gasteiger partial charge on any atom is -0.385 e. The highest BCUT2D eigenvalue weighted by atomic mass is 35.5. The number of nitrogens with one attached hydrogen (secondary N) is 1. The second-order valence-electron chi connectivity index (χ2n) is 4.55. The molecule has 0 bridgehead atoms. The largest absolute Gasteiger partial charge is 0.385 e. The van der Waals surface area contributed by atoms with Crippen LogP contribution in [0.2, 0.25) is 0 Å². The Hall–Kier alpha value is -0.620. The predicted octanol–water partition coefficient (Wildman–Crippen LogP) is 1.08. The Morgan fingerprint density at radius 3 is 2.33 bits per heavy atom. The van der Waals surface area contributed by atoms with Crippen molar-refractivity contribution in [3.63, 3.8) is 0 Å². The highest BCUT2D eigenvalue weighted by Crippen LogP contribution is 2.34. The van der Waals surface area contributed by atoms with Crippen LogP contribution in [0.1, 0.15) is 18.4 Å². The zero-order chi connectivity index (χ0) is 12.5. The maximum atomic E-state index is 11.7. The van der Waals surface area contributed by atoms with E-state index in [2.05, 4.69) is 5.32 Å². The van der Waals surface area contributed by atoms with E-state index < -0.39 is 15.4 Å². The van der Waals surface area contributed by atoms with Gasteiger partial charge in [-0.2, -0.15) is 0 Å². The predicted molar refractivity (Wildman–Crippen MR) is 72.8 cm³/mol. The molecule has 0 spiro atoms. The number of halogens is 1. The van der Waals surface area contributed by atoms with E-state index in [1.165, 1.54) is 6.26 Å². The lowest BCUT2D eigenvalue weighted by Crippen LogP contribution is -2.40. The van der Waals surface area contributed by atoms with Gasteiger partial charge in [-0.1, -0.05) is 18.2 Å². The van der Waals surface area contributed by atoms with Crippen LogP contribution in [-0.2, 0) is 15.4 Å². The standard InChI is InChI=1S/C12H17NO3S.ClH/c1-17(15,16)11-5-3-2-4-10(11)12(14)6-8-13-9-7-12;/h2-5,13-14H,6-9H2,1H3;1H. The van der Waals surface area contributed by atoms with E-state index in [0.717, 1.165) is 0 Å². The molecule has 0 aromatic heterocycles. The molecule has 6 heteroatoms. The highest BCUT2D eigenvalue weighted by molar-refractivity contribution is 7.90. The molecule has 1 heterocycles. The summed E-state index contributed by atoms with van der Waals surface area (Å²) >= 11 is 0. The number of aliphatic hydroxyl groups is 1. The van der Waals surface area contributed by atoms with Crippen LogP contribution in [-0.4, -0.2) is 32.9 Å². The SMILES string of the molecule is CS(=O)(=O)c1ccccc1C1(O)CCNCC1.Cl. The summed E-state index contributed by atoms with van der Waals surface area (Å²) in [7, 11) is -3.30. The van der Waals surface area contributed by atoms with Gasteiger partial charge in [-0.3, -0.25) is 0 Å². The second kappa shape index (κ2) is 5.57. The van der Waals surface area contributed by atoms with Crippen molar-refractivity contribution in [2.24, 2.45) is 0 Å². The zero-order valence-corrected chi connectivity index (χ0v) is 11.9. The lowest BCUT2D eigenvalue weighted by molar-refractivity contribution is 0.00334. The highest BCUT2D eigenvalue weighted by Gasteiger charge is 2.34. The first-order chi connectivity index (χ1) is 7.93. The van der Waals surface area contributed by atoms with Crippen molar-refractivity contribution in [3.8, 4) is 0 Å². The lowest BCUT2D eigenvalue weighted by atomic mass is 9.85. The monoisotopic (exact) mass is 291 g/mol. The molecule has 1 aliphatic heterocycles. The van der Waals surface area contributed by atoms with Gasteiger partial charge in [-0.15, -0.1) is 12.4 Å². The minimum absolute atomic E-state index is 0. The van der Waals surface area contributed by atoms with Gasteiger partial charge in [-0.25, -0.2) is 8.42 Å². The van der Waals surface area contributed by atoms with E-state index in [0.29, 0.717) is 31.5 Å². The van der Waals surface area contributed by atoms with E-state index in [9.17, 15) is 13.5 Å². The van der Waals surface area contributed by atoms with Crippen LogP contribution in [0, 0.1) is 0 Å². The summed E-state index contributed by atoms with van der Waals surface area (Å²) in [4.78, 5) is 0.240. The molecule has 2 N–H and O–H groups in total. The maximum absolute atomic E-state index is 11.7. The molecule has 1 aromatic rings. The molecule has 0 unspecified atom stereocenters. The summed E-state index contributed by atoms with van der Waals surface area (Å²) in [6.45, 7) is 1.41. The fraction of sp³-hybridized carbons (Fsp3) is 0.500. The number of hydrogen-bond acceptors (Lipinski definition) is 4. The van der Waals surface area contributed by atoms with E-state index in [1.54, 1.807) is 24.3 Å². The molecule has 1 fully saturated rings. The summed E-state index contributed by atoms with van der Waals surface area (Å²) in [5.41, 5.74) is -0.491. The van der Waals surface area contributed by atoms with Crippen LogP contribution < -0.4 is 5.32 Å². The first-order valence-electron chi connectivity index (χ1n) is 5.66. The molecule has 0 amide bonds. The van der Waals surface area contributed by atoms with Gasteiger partial charge < -0.3 is 10.4 Å². The molecule has 0 radical (unpaired) electrons. The zero-order valence-electron chi connectivity index (χ0n) is 10.2. The molecule has 4 nitrogen and oxygen atoms in total. The summed E-state index contributed by atoms with van der Waals surface area (Å²) in [6, 6.07) is 6.72. The molecule has 0 atom stereocenters. The van der Waals surface area contributed by atoms with Gasteiger partial charge in [-0.05, 0) is 32.0 Å². The van der Waals surface area contributed by atoms with Crippen LogP contribution >= 0.6 is 12.4 Å². The Balaban J connectivity index is 0.00000162. The van der Waals surface area contributed by atoms with Crippen LogP contribution in [0.25, 0.3) is 0 Å². The first kappa shape index (κ1) is 15.4. The van der Waals surface area contributed by atoms with Crippen molar-refractivity contribution in [3.05, 3.63) is 29.8 Å². The molecular formula is C12H18ClNO3S. The Bertz CT molecular complexity index is 510. The number of piperidine rings is 1. The van der Waals surface area contributed by atoms with Crippen LogP contribution in [0.3, 0.4) is 0 Å². The maximum Gasteiger partial charge on any atom is 0.175 e. The Morgan fingerprint density at radius 1 is 1.22 bits per heavy atom. The van der Waals surface area contributed by atoms with Crippen LogP contribution in [0.4, 0.5) is 0 Å². The summed E-state index contributed by atoms with van der Waals surface area (Å²) in [5, 5.41) is 13.7. The van der Waals surface area contributed by atoms with Gasteiger partial charge in [0, 0.05) is 11.8 Å². The van der Waals surface area contributed by atoms with Crippen molar-refractivity contribution in [1.82, 2.24) is 5.32 Å². The van der Waals surface area contributed by atoms with Gasteiger partial charge in [0.05, 0.1) is 10.5 Å². The Labute approximate surface area is 114 Å². The smallest absolute Gasteiger partial charge is 0.175 e. The van der Waals surface area contributed by atoms with Gasteiger partial charge in [0.25, 0.3) is 0 Å². The van der Waals surface area contributed by atoms with Gasteiger partial charge in [0.15, 0.2) is 9.84 Å². The Kier molecular flexibility index (Phi) is 4.78. The second-order valence-corrected chi connectivity index (χ2v) is 6.53. The quantitative estimate of drug-likeness (QED) is 0.856. The number of rotatable bonds is 2. The molecule has 0 aliphatic carbocycles. The normalized spacial score (nSPS) is 19.0. The lowest BCUT2D eigenvalue weighted by Gasteiger charge is -2.34. The molecule has 2 rings (SSSR count). The average molecular weight is 292 g/mol. The van der Waals surface area contributed by atoms with Crippen LogP contribution in [0.15, 0.2) is 29.2 Å². The molecule has 1 aliphatic rings. The molecule has 102 valence electrons. The van der Waals surface area contributed by atoms with Gasteiger partial charge in [0.1, 0.15) is 0 Å². The fourth-order valence-corrected chi connectivity index (χ4v) is 3.27. The first-order valence-corrected chi connectivity index (χ1v) is 7.55. The summed E-state index contributed by atoms with van der Waals surface area (Å²) in [6.07, 6.45) is 2.26. The van der Waals surface area contributed by atoms with Crippen molar-refractivity contribution < 1.29 is 13.5 Å². The number of benzene rings is 1. The molecule has 0 saturated carbocycles. The number of hydrogen-bond donors (Lipinski definition) is 2. The van der Waals surface area contributed by atoms with Gasteiger partial charge >= 0.3 is 0 Å². The third-order valence-electron chi connectivity index (χ3n) is 3.22. The Morgan fingerprint density at radius 2 is 1.78 bits per heavy atom. The topological polar surface area (TPSA) is 66.4 Å². The van der Waals surface area contributed by atoms with Crippen molar-refractivity contribution in [1.29, 1.82) is 0 Å². The van der Waals surface area contributed by atoms with E-state index in [-0.39, 0.29) is 17.3 Å². The van der Waals surface area contributed by atoms with Crippen molar-refractivity contribution >= 4 is 22.2 Å². The van der Waals surface area contributed by atoms with E-state index in [1.807, 2.05) is 0 Å². The minimum atomic E-state index is -3.30. The van der Waals surface area contributed by atoms with Crippen molar-refractivity contribution in [2.45, 2.75) is 23.3 Å². The van der Waals surface area contributed by atoms with Gasteiger partial charge in [0.2, 0.25) is 0 Å². The third kappa shape index (κ3) is 3.03. The summed E-state index contributed by atoms with van der Waals surface area (Å²) in [5.74, 6) is 0.